The number of hydrogen-bond acceptors (Lipinski definition) is 6. The van der Waals surface area contributed by atoms with Gasteiger partial charge in [-0.25, -0.2) is 0 Å². The average Bonchev–Trinajstić information content (AvgIpc) is 2.74. The molecule has 1 saturated heterocycles. The molecule has 164 valence electrons. The van der Waals surface area contributed by atoms with Gasteiger partial charge < -0.3 is 29.9 Å². The van der Waals surface area contributed by atoms with Gasteiger partial charge in [-0.1, -0.05) is 40.6 Å². The first-order valence-corrected chi connectivity index (χ1v) is 10.8. The molecular weight excluding hydrogens is 417 g/mol. The molecule has 1 heterocycles. The molecule has 9 heteroatoms. The van der Waals surface area contributed by atoms with E-state index in [9.17, 15) is 20.4 Å². The fraction of sp³-hybridized carbons (Fsp3) is 0.455. The van der Waals surface area contributed by atoms with Gasteiger partial charge in [-0.15, -0.1) is 0 Å². The predicted octanol–water partition coefficient (Wildman–Crippen LogP) is -0.571. The van der Waals surface area contributed by atoms with Crippen LogP contribution in [-0.2, 0) is 22.8 Å². The lowest BCUT2D eigenvalue weighted by Gasteiger charge is -2.40. The van der Waals surface area contributed by atoms with Crippen LogP contribution in [0.5, 0.6) is 5.75 Å². The summed E-state index contributed by atoms with van der Waals surface area (Å²) in [5.74, 6) is 0.399. The lowest BCUT2D eigenvalue weighted by atomic mass is 9.42. The third kappa shape index (κ3) is 4.01. The summed E-state index contributed by atoms with van der Waals surface area (Å²) in [4.78, 5) is 0. The van der Waals surface area contributed by atoms with Gasteiger partial charge in [0.2, 0.25) is 0 Å². The van der Waals surface area contributed by atoms with Gasteiger partial charge in [0.25, 0.3) is 0 Å². The third-order valence-corrected chi connectivity index (χ3v) is 6.88. The first-order valence-electron chi connectivity index (χ1n) is 10.5. The van der Waals surface area contributed by atoms with Gasteiger partial charge in [-0.2, -0.15) is 0 Å². The van der Waals surface area contributed by atoms with E-state index < -0.39 is 37.1 Å². The van der Waals surface area contributed by atoms with Crippen LogP contribution in [0.4, 0.5) is 0 Å². The minimum Gasteiger partial charge on any atom is -0.496 e. The Morgan fingerprint density at radius 1 is 1.13 bits per heavy atom. The molecule has 1 aliphatic carbocycles. The molecule has 0 saturated carbocycles. The Morgan fingerprint density at radius 2 is 1.87 bits per heavy atom. The van der Waals surface area contributed by atoms with E-state index in [0.717, 1.165) is 17.5 Å². The standard InChI is InChI=1S/C22H27B2ClO6/c1-30-16-7-15(25)12(4-10-2-3-11-8-22(23,24)14(11)5-10)6-13(16)21-20(29)19(28)18(27)17(9-26)31-21/h2-3,5-7,17-21,26-29H,4,8-9,23-24H2,1H3/t17-,18-,19+,20-,21+/m1/s1. The monoisotopic (exact) mass is 444 g/mol. The summed E-state index contributed by atoms with van der Waals surface area (Å²) in [7, 11) is 5.95. The van der Waals surface area contributed by atoms with Crippen LogP contribution in [0.1, 0.15) is 33.9 Å². The first-order chi connectivity index (χ1) is 14.7. The van der Waals surface area contributed by atoms with E-state index in [1.54, 1.807) is 12.1 Å². The predicted molar refractivity (Wildman–Crippen MR) is 122 cm³/mol. The van der Waals surface area contributed by atoms with Crippen molar-refractivity contribution in [3.05, 3.63) is 63.2 Å². The van der Waals surface area contributed by atoms with Gasteiger partial charge in [-0.05, 0) is 41.7 Å². The number of aliphatic hydroxyl groups is 4. The molecule has 0 spiro atoms. The fourth-order valence-electron chi connectivity index (χ4n) is 4.71. The number of fused-ring (bicyclic) bond motifs is 1. The van der Waals surface area contributed by atoms with E-state index in [-0.39, 0.29) is 5.21 Å². The van der Waals surface area contributed by atoms with Crippen molar-refractivity contribution >= 4 is 27.3 Å². The van der Waals surface area contributed by atoms with Crippen molar-refractivity contribution in [1.82, 2.24) is 0 Å². The molecule has 1 aliphatic heterocycles. The van der Waals surface area contributed by atoms with Crippen molar-refractivity contribution < 1.29 is 29.9 Å². The minimum atomic E-state index is -1.46. The highest BCUT2D eigenvalue weighted by Crippen LogP contribution is 2.41. The Hall–Kier alpha value is -1.54. The van der Waals surface area contributed by atoms with Crippen LogP contribution in [-0.4, -0.2) is 74.3 Å². The van der Waals surface area contributed by atoms with Gasteiger partial charge in [0, 0.05) is 10.6 Å². The Bertz CT molecular complexity index is 983. The second-order valence-electron chi connectivity index (χ2n) is 9.16. The molecule has 5 atom stereocenters. The number of ether oxygens (including phenoxy) is 2. The molecule has 1 fully saturated rings. The number of rotatable bonds is 5. The van der Waals surface area contributed by atoms with Crippen LogP contribution in [0.25, 0.3) is 0 Å². The number of halogens is 1. The lowest BCUT2D eigenvalue weighted by Crippen LogP contribution is -2.55. The Kier molecular flexibility index (Phi) is 6.16. The summed E-state index contributed by atoms with van der Waals surface area (Å²) < 4.78 is 11.2. The molecule has 4 N–H and O–H groups in total. The van der Waals surface area contributed by atoms with Gasteiger partial charge in [0.15, 0.2) is 0 Å². The maximum Gasteiger partial charge on any atom is 0.126 e. The Labute approximate surface area is 188 Å². The Morgan fingerprint density at radius 3 is 2.52 bits per heavy atom. The molecule has 0 bridgehead atoms. The molecule has 0 amide bonds. The minimum absolute atomic E-state index is 0.177. The normalized spacial score (nSPS) is 29.2. The first kappa shape index (κ1) is 22.6. The molecule has 0 aromatic heterocycles. The van der Waals surface area contributed by atoms with Crippen molar-refractivity contribution in [1.29, 1.82) is 0 Å². The second-order valence-corrected chi connectivity index (χ2v) is 9.57. The second kappa shape index (κ2) is 8.43. The maximum absolute atomic E-state index is 10.6. The van der Waals surface area contributed by atoms with Crippen molar-refractivity contribution in [2.75, 3.05) is 13.7 Å². The smallest absolute Gasteiger partial charge is 0.126 e. The number of methoxy groups -OCH3 is 1. The summed E-state index contributed by atoms with van der Waals surface area (Å²) in [6.07, 6.45) is -4.60. The van der Waals surface area contributed by atoms with Crippen molar-refractivity contribution in [2.24, 2.45) is 0 Å². The largest absolute Gasteiger partial charge is 0.496 e. The van der Waals surface area contributed by atoms with Gasteiger partial charge in [-0.3, -0.25) is 0 Å². The molecule has 2 aromatic rings. The topological polar surface area (TPSA) is 99.4 Å². The lowest BCUT2D eigenvalue weighted by molar-refractivity contribution is -0.232. The van der Waals surface area contributed by atoms with E-state index in [1.165, 1.54) is 18.2 Å². The van der Waals surface area contributed by atoms with Crippen molar-refractivity contribution in [2.45, 2.75) is 48.6 Å². The number of hydrogen-bond donors (Lipinski definition) is 4. The summed E-state index contributed by atoms with van der Waals surface area (Å²) in [6, 6.07) is 9.94. The summed E-state index contributed by atoms with van der Waals surface area (Å²) >= 11 is 6.54. The van der Waals surface area contributed by atoms with Crippen LogP contribution in [0.3, 0.4) is 0 Å². The van der Waals surface area contributed by atoms with E-state index in [4.69, 9.17) is 21.1 Å². The van der Waals surface area contributed by atoms with Crippen molar-refractivity contribution in [3.63, 3.8) is 0 Å². The molecular formula is C22H27B2ClO6. The summed E-state index contributed by atoms with van der Waals surface area (Å²) in [5.41, 5.74) is 5.17. The van der Waals surface area contributed by atoms with Crippen LogP contribution in [0.2, 0.25) is 5.02 Å². The molecule has 2 aliphatic rings. The van der Waals surface area contributed by atoms with E-state index in [2.05, 4.69) is 33.9 Å². The number of benzene rings is 2. The van der Waals surface area contributed by atoms with Crippen LogP contribution >= 0.6 is 11.6 Å². The van der Waals surface area contributed by atoms with Gasteiger partial charge >= 0.3 is 0 Å². The average molecular weight is 445 g/mol. The highest BCUT2D eigenvalue weighted by molar-refractivity contribution is 6.41. The van der Waals surface area contributed by atoms with Crippen LogP contribution in [0.15, 0.2) is 30.3 Å². The molecule has 4 rings (SSSR count). The van der Waals surface area contributed by atoms with E-state index >= 15 is 0 Å². The van der Waals surface area contributed by atoms with Gasteiger partial charge in [0.05, 0.1) is 13.7 Å². The SMILES string of the molecule is BC1(B)Cc2ccc(Cc3cc([C@@H]4O[C@H](CO)[C@@H](O)[C@H](O)[C@H]4O)c(OC)cc3Cl)cc21. The molecule has 2 aromatic carbocycles. The maximum atomic E-state index is 10.6. The van der Waals surface area contributed by atoms with E-state index in [0.29, 0.717) is 22.8 Å². The molecule has 31 heavy (non-hydrogen) atoms. The molecule has 6 nitrogen and oxygen atoms in total. The summed E-state index contributed by atoms with van der Waals surface area (Å²) in [6.45, 7) is -0.491. The summed E-state index contributed by atoms with van der Waals surface area (Å²) in [5, 5.41) is 41.1. The highest BCUT2D eigenvalue weighted by atomic mass is 35.5. The zero-order valence-electron chi connectivity index (χ0n) is 17.9. The zero-order chi connectivity index (χ0) is 22.5. The van der Waals surface area contributed by atoms with E-state index in [1.807, 2.05) is 0 Å². The third-order valence-electron chi connectivity index (χ3n) is 6.53. The van der Waals surface area contributed by atoms with Crippen molar-refractivity contribution in [3.8, 4) is 5.75 Å². The Balaban J connectivity index is 1.69. The van der Waals surface area contributed by atoms with Crippen LogP contribution < -0.4 is 4.74 Å². The zero-order valence-corrected chi connectivity index (χ0v) is 18.6. The molecule has 0 unspecified atom stereocenters. The highest BCUT2D eigenvalue weighted by Gasteiger charge is 2.45. The quantitative estimate of drug-likeness (QED) is 0.461. The van der Waals surface area contributed by atoms with Crippen LogP contribution in [0, 0.1) is 0 Å². The molecule has 0 radical (unpaired) electrons. The number of aliphatic hydroxyl groups excluding tert-OH is 4. The van der Waals surface area contributed by atoms with Gasteiger partial charge in [0.1, 0.15) is 52.0 Å². The fourth-order valence-corrected chi connectivity index (χ4v) is 4.93.